The second kappa shape index (κ2) is 9.19. The predicted octanol–water partition coefficient (Wildman–Crippen LogP) is -0.162. The van der Waals surface area contributed by atoms with Crippen LogP contribution in [0, 0.1) is 15.5 Å². The highest BCUT2D eigenvalue weighted by Crippen LogP contribution is 1.94. The van der Waals surface area contributed by atoms with Crippen molar-refractivity contribution in [2.45, 2.75) is 26.8 Å². The molecule has 0 aromatic rings. The van der Waals surface area contributed by atoms with Gasteiger partial charge < -0.3 is 15.8 Å². The molecule has 9 nitrogen and oxygen atoms in total. The summed E-state index contributed by atoms with van der Waals surface area (Å²) in [5, 5.41) is 23.4. The molecule has 0 spiro atoms. The number of nitrogens with two attached hydrogens (primary N) is 1. The lowest BCUT2D eigenvalue weighted by Gasteiger charge is -2.25. The topological polar surface area (TPSA) is 141 Å². The first-order valence-corrected chi connectivity index (χ1v) is 4.93. The van der Waals surface area contributed by atoms with Gasteiger partial charge in [0.05, 0.1) is 0 Å². The predicted molar refractivity (Wildman–Crippen MR) is 64.7 cm³/mol. The van der Waals surface area contributed by atoms with E-state index in [-0.39, 0.29) is 5.96 Å². The van der Waals surface area contributed by atoms with E-state index >= 15 is 0 Å². The van der Waals surface area contributed by atoms with Crippen molar-refractivity contribution in [1.82, 2.24) is 10.2 Å². The summed E-state index contributed by atoms with van der Waals surface area (Å²) < 4.78 is 0. The van der Waals surface area contributed by atoms with Gasteiger partial charge in [-0.3, -0.25) is 15.7 Å². The normalized spacial score (nSPS) is 10.3. The van der Waals surface area contributed by atoms with Gasteiger partial charge >= 0.3 is 0 Å². The molecule has 0 aromatic heterocycles. The van der Waals surface area contributed by atoms with Crippen LogP contribution in [0.2, 0.25) is 0 Å². The van der Waals surface area contributed by atoms with Crippen molar-refractivity contribution in [2.24, 2.45) is 10.7 Å². The Kier molecular flexibility index (Phi) is 9.37. The van der Waals surface area contributed by atoms with E-state index in [0.29, 0.717) is 18.5 Å². The van der Waals surface area contributed by atoms with E-state index < -0.39 is 5.09 Å². The van der Waals surface area contributed by atoms with Crippen molar-refractivity contribution in [3.63, 3.8) is 0 Å². The number of hydrogen-bond donors (Lipinski definition) is 4. The summed E-state index contributed by atoms with van der Waals surface area (Å²) in [5.74, 6) is 0.560. The quantitative estimate of drug-likeness (QED) is 0.231. The van der Waals surface area contributed by atoms with Crippen LogP contribution in [0.25, 0.3) is 0 Å². The molecule has 0 radical (unpaired) electrons. The lowest BCUT2D eigenvalue weighted by atomic mass is 10.3. The molecule has 0 aromatic carbocycles. The molecule has 0 aliphatic rings. The molecule has 0 heterocycles. The molecule has 0 aliphatic carbocycles. The third-order valence-electron chi connectivity index (χ3n) is 1.66. The summed E-state index contributed by atoms with van der Waals surface area (Å²) in [4.78, 5) is 14.5. The Labute approximate surface area is 99.9 Å². The number of nitrogens with zero attached hydrogens (tertiary/aromatic N) is 3. The highest BCUT2D eigenvalue weighted by atomic mass is 16.9. The van der Waals surface area contributed by atoms with Crippen LogP contribution in [0.5, 0.6) is 0 Å². The van der Waals surface area contributed by atoms with Crippen molar-refractivity contribution in [3.8, 4) is 0 Å². The van der Waals surface area contributed by atoms with E-state index in [4.69, 9.17) is 26.5 Å². The average molecular weight is 248 g/mol. The van der Waals surface area contributed by atoms with E-state index in [0.717, 1.165) is 0 Å². The minimum Gasteiger partial charge on any atom is -0.370 e. The molecule has 0 rings (SSSR count). The fourth-order valence-corrected chi connectivity index (χ4v) is 0.754. The molecule has 0 aliphatic heterocycles. The van der Waals surface area contributed by atoms with Crippen LogP contribution >= 0.6 is 0 Å². The number of aliphatic imine (C=N–C) groups is 1. The largest absolute Gasteiger partial charge is 0.370 e. The van der Waals surface area contributed by atoms with Crippen LogP contribution in [-0.4, -0.2) is 46.7 Å². The summed E-state index contributed by atoms with van der Waals surface area (Å²) in [7, 11) is 1.91. The van der Waals surface area contributed by atoms with Crippen molar-refractivity contribution in [3.05, 3.63) is 10.1 Å². The van der Waals surface area contributed by atoms with E-state index in [9.17, 15) is 0 Å². The van der Waals surface area contributed by atoms with Gasteiger partial charge in [0.2, 0.25) is 5.96 Å². The van der Waals surface area contributed by atoms with Gasteiger partial charge in [-0.15, -0.1) is 10.1 Å². The molecule has 5 N–H and O–H groups in total. The van der Waals surface area contributed by atoms with E-state index in [1.165, 1.54) is 0 Å². The zero-order valence-corrected chi connectivity index (χ0v) is 10.5. The lowest BCUT2D eigenvalue weighted by molar-refractivity contribution is -0.742. The Morgan fingerprint density at radius 1 is 1.71 bits per heavy atom. The van der Waals surface area contributed by atoms with Crippen molar-refractivity contribution >= 4 is 11.9 Å². The monoisotopic (exact) mass is 248 g/mol. The first-order chi connectivity index (χ1) is 7.72. The van der Waals surface area contributed by atoms with Crippen molar-refractivity contribution in [2.75, 3.05) is 13.6 Å². The second-order valence-corrected chi connectivity index (χ2v) is 3.28. The minimum atomic E-state index is -1.50. The maximum atomic E-state index is 8.36. The summed E-state index contributed by atoms with van der Waals surface area (Å²) >= 11 is 0. The molecular formula is C8H20N6O3. The maximum absolute atomic E-state index is 8.36. The van der Waals surface area contributed by atoms with Gasteiger partial charge in [-0.2, -0.15) is 0 Å². The molecule has 9 heteroatoms. The van der Waals surface area contributed by atoms with Gasteiger partial charge in [-0.1, -0.05) is 0 Å². The summed E-state index contributed by atoms with van der Waals surface area (Å²) in [6.07, 6.45) is 0. The third-order valence-corrected chi connectivity index (χ3v) is 1.66. The summed E-state index contributed by atoms with van der Waals surface area (Å²) in [6, 6.07) is 0.331. The van der Waals surface area contributed by atoms with Crippen molar-refractivity contribution < 1.29 is 10.3 Å². The molecule has 0 unspecified atom stereocenters. The molecule has 0 atom stereocenters. The Hall–Kier alpha value is -2.06. The molecule has 0 amide bonds. The Morgan fingerprint density at radius 3 is 2.35 bits per heavy atom. The fourth-order valence-electron chi connectivity index (χ4n) is 0.754. The maximum Gasteiger partial charge on any atom is 0.291 e. The Bertz CT molecular complexity index is 274. The SMILES string of the molecule is CCN=C(NC(=N)N)N(C)C(C)C.O=[N+]([O-])O. The summed E-state index contributed by atoms with van der Waals surface area (Å²) in [6.45, 7) is 6.71. The zero-order chi connectivity index (χ0) is 14.0. The minimum absolute atomic E-state index is 0.0836. The van der Waals surface area contributed by atoms with Crippen LogP contribution in [-0.2, 0) is 0 Å². The van der Waals surface area contributed by atoms with Gasteiger partial charge in [-0.25, -0.2) is 0 Å². The van der Waals surface area contributed by atoms with Crippen molar-refractivity contribution in [1.29, 1.82) is 5.41 Å². The second-order valence-electron chi connectivity index (χ2n) is 3.28. The zero-order valence-electron chi connectivity index (χ0n) is 10.5. The standard InChI is InChI=1S/C8H19N5.HNO3/c1-5-11-8(12-7(9)10)13(4)6(2)3;2-1(3)4/h6H,5H2,1-4H3,(H4,9,10,11,12);(H,2,3,4). The van der Waals surface area contributed by atoms with Gasteiger partial charge in [0.1, 0.15) is 0 Å². The third kappa shape index (κ3) is 11.9. The Morgan fingerprint density at radius 2 is 2.12 bits per heavy atom. The molecule has 17 heavy (non-hydrogen) atoms. The molecule has 0 saturated carbocycles. The average Bonchev–Trinajstić information content (AvgIpc) is 2.14. The van der Waals surface area contributed by atoms with Crippen LogP contribution in [0.1, 0.15) is 20.8 Å². The highest BCUT2D eigenvalue weighted by molar-refractivity contribution is 5.96. The number of guanidine groups is 2. The van der Waals surface area contributed by atoms with E-state index in [1.54, 1.807) is 0 Å². The molecule has 0 saturated heterocycles. The van der Waals surface area contributed by atoms with Crippen LogP contribution in [0.3, 0.4) is 0 Å². The van der Waals surface area contributed by atoms with Crippen LogP contribution < -0.4 is 11.1 Å². The van der Waals surface area contributed by atoms with Crippen LogP contribution in [0.4, 0.5) is 0 Å². The number of rotatable bonds is 2. The van der Waals surface area contributed by atoms with Gasteiger partial charge in [-0.05, 0) is 20.8 Å². The summed E-state index contributed by atoms with van der Waals surface area (Å²) in [5.41, 5.74) is 5.23. The fraction of sp³-hybridized carbons (Fsp3) is 0.750. The van der Waals surface area contributed by atoms with Gasteiger partial charge in [0, 0.05) is 19.6 Å². The van der Waals surface area contributed by atoms with Gasteiger partial charge in [0.25, 0.3) is 5.09 Å². The van der Waals surface area contributed by atoms with E-state index in [1.807, 2.05) is 32.7 Å². The Balaban J connectivity index is 0. The molecule has 0 fully saturated rings. The first-order valence-electron chi connectivity index (χ1n) is 4.93. The smallest absolute Gasteiger partial charge is 0.291 e. The first kappa shape index (κ1) is 17.3. The van der Waals surface area contributed by atoms with Crippen LogP contribution in [0.15, 0.2) is 4.99 Å². The number of hydrogen-bond acceptors (Lipinski definition) is 4. The van der Waals surface area contributed by atoms with Gasteiger partial charge in [0.15, 0.2) is 5.96 Å². The molecule has 100 valence electrons. The lowest BCUT2D eigenvalue weighted by Crippen LogP contribution is -2.47. The number of nitrogens with one attached hydrogen (secondary N) is 2. The van der Waals surface area contributed by atoms with E-state index in [2.05, 4.69) is 10.3 Å². The highest BCUT2D eigenvalue weighted by Gasteiger charge is 2.09. The molecule has 0 bridgehead atoms. The molecular weight excluding hydrogens is 228 g/mol.